The summed E-state index contributed by atoms with van der Waals surface area (Å²) in [5.41, 5.74) is 3.64. The van der Waals surface area contributed by atoms with E-state index in [0.717, 1.165) is 19.3 Å². The molecule has 0 aliphatic heterocycles. The molecule has 0 unspecified atom stereocenters. The summed E-state index contributed by atoms with van der Waals surface area (Å²) in [6, 6.07) is 0. The predicted octanol–water partition coefficient (Wildman–Crippen LogP) is 3.20. The van der Waals surface area contributed by atoms with Gasteiger partial charge in [-0.15, -0.1) is 0 Å². The summed E-state index contributed by atoms with van der Waals surface area (Å²) in [5, 5.41) is 31.0. The fraction of sp³-hybridized carbons (Fsp3) is 0.800. The van der Waals surface area contributed by atoms with E-state index in [1.807, 2.05) is 0 Å². The third kappa shape index (κ3) is 2.52. The van der Waals surface area contributed by atoms with E-state index in [-0.39, 0.29) is 23.4 Å². The van der Waals surface area contributed by atoms with Crippen LogP contribution in [0.3, 0.4) is 0 Å². The average molecular weight is 320 g/mol. The van der Waals surface area contributed by atoms with E-state index in [2.05, 4.69) is 27.7 Å². The largest absolute Gasteiger partial charge is 0.392 e. The van der Waals surface area contributed by atoms with Crippen molar-refractivity contribution < 1.29 is 15.3 Å². The van der Waals surface area contributed by atoms with Crippen LogP contribution in [0.2, 0.25) is 0 Å². The van der Waals surface area contributed by atoms with Crippen molar-refractivity contribution in [1.29, 1.82) is 0 Å². The molecule has 3 aliphatic rings. The summed E-state index contributed by atoms with van der Waals surface area (Å²) in [6.45, 7) is 8.91. The van der Waals surface area contributed by atoms with Gasteiger partial charge in [0, 0.05) is 5.41 Å². The summed E-state index contributed by atoms with van der Waals surface area (Å²) < 4.78 is 0. The number of aliphatic hydroxyl groups excluding tert-OH is 3. The molecule has 3 nitrogen and oxygen atoms in total. The Balaban J connectivity index is 2.11. The Kier molecular flexibility index (Phi) is 4.27. The van der Waals surface area contributed by atoms with E-state index in [1.165, 1.54) is 12.0 Å². The van der Waals surface area contributed by atoms with Gasteiger partial charge in [-0.3, -0.25) is 0 Å². The standard InChI is InChI=1S/C20H32O3/c1-12(2)14-5-6-19(3)7-8-20(4)15(18(14)19)10-16(22)13(11-21)9-17(20)23/h9,12,15-17,21-23H,5-8,10-11H2,1-4H3/t15-,16-,17-,19-,20-/m1/s1. The Hall–Kier alpha value is -0.640. The maximum Gasteiger partial charge on any atom is 0.0784 e. The second kappa shape index (κ2) is 5.72. The minimum atomic E-state index is -0.648. The number of rotatable bonds is 2. The Bertz CT molecular complexity index is 547. The lowest BCUT2D eigenvalue weighted by molar-refractivity contribution is -0.0142. The molecule has 0 aromatic rings. The molecule has 0 amide bonds. The summed E-state index contributed by atoms with van der Waals surface area (Å²) >= 11 is 0. The maximum absolute atomic E-state index is 10.9. The van der Waals surface area contributed by atoms with Crippen LogP contribution < -0.4 is 0 Å². The molecule has 3 rings (SSSR count). The second-order valence-corrected chi connectivity index (χ2v) is 8.81. The van der Waals surface area contributed by atoms with Crippen molar-refractivity contribution in [3.63, 3.8) is 0 Å². The maximum atomic E-state index is 10.9. The van der Waals surface area contributed by atoms with E-state index in [4.69, 9.17) is 0 Å². The van der Waals surface area contributed by atoms with Gasteiger partial charge in [-0.05, 0) is 54.9 Å². The summed E-state index contributed by atoms with van der Waals surface area (Å²) in [4.78, 5) is 0. The van der Waals surface area contributed by atoms with Crippen LogP contribution in [0.25, 0.3) is 0 Å². The molecule has 0 heterocycles. The van der Waals surface area contributed by atoms with Gasteiger partial charge in [0.05, 0.1) is 18.8 Å². The number of hydrogen-bond acceptors (Lipinski definition) is 3. The van der Waals surface area contributed by atoms with Crippen LogP contribution in [0.4, 0.5) is 0 Å². The van der Waals surface area contributed by atoms with Gasteiger partial charge in [0.25, 0.3) is 0 Å². The molecule has 0 aromatic heterocycles. The zero-order valence-corrected chi connectivity index (χ0v) is 15.0. The van der Waals surface area contributed by atoms with Crippen LogP contribution in [0, 0.1) is 22.7 Å². The van der Waals surface area contributed by atoms with Crippen LogP contribution in [-0.2, 0) is 0 Å². The lowest BCUT2D eigenvalue weighted by Gasteiger charge is -2.51. The summed E-state index contributed by atoms with van der Waals surface area (Å²) in [5.74, 6) is 0.725. The molecule has 3 aliphatic carbocycles. The van der Waals surface area contributed by atoms with Gasteiger partial charge < -0.3 is 15.3 Å². The van der Waals surface area contributed by atoms with Crippen LogP contribution in [-0.4, -0.2) is 34.1 Å². The van der Waals surface area contributed by atoms with Crippen LogP contribution in [0.5, 0.6) is 0 Å². The van der Waals surface area contributed by atoms with E-state index >= 15 is 0 Å². The fourth-order valence-corrected chi connectivity index (χ4v) is 5.40. The first-order valence-electron chi connectivity index (χ1n) is 9.14. The van der Waals surface area contributed by atoms with Crippen molar-refractivity contribution in [2.24, 2.45) is 22.7 Å². The average Bonchev–Trinajstić information content (AvgIpc) is 2.81. The highest BCUT2D eigenvalue weighted by atomic mass is 16.3. The summed E-state index contributed by atoms with van der Waals surface area (Å²) in [7, 11) is 0. The molecule has 0 aromatic carbocycles. The van der Waals surface area contributed by atoms with Gasteiger partial charge in [0.15, 0.2) is 0 Å². The van der Waals surface area contributed by atoms with Gasteiger partial charge in [-0.2, -0.15) is 0 Å². The molecule has 3 heteroatoms. The number of aliphatic hydroxyl groups is 3. The Morgan fingerprint density at radius 1 is 1.17 bits per heavy atom. The minimum absolute atomic E-state index is 0.172. The Morgan fingerprint density at radius 3 is 2.48 bits per heavy atom. The van der Waals surface area contributed by atoms with Gasteiger partial charge in [-0.25, -0.2) is 0 Å². The zero-order valence-electron chi connectivity index (χ0n) is 15.0. The van der Waals surface area contributed by atoms with Crippen molar-refractivity contribution in [3.8, 4) is 0 Å². The number of allylic oxidation sites excluding steroid dienone is 2. The molecule has 23 heavy (non-hydrogen) atoms. The van der Waals surface area contributed by atoms with Gasteiger partial charge in [0.2, 0.25) is 0 Å². The second-order valence-electron chi connectivity index (χ2n) is 8.81. The van der Waals surface area contributed by atoms with E-state index in [1.54, 1.807) is 11.6 Å². The molecule has 1 saturated carbocycles. The zero-order chi connectivity index (χ0) is 17.0. The minimum Gasteiger partial charge on any atom is -0.392 e. The van der Waals surface area contributed by atoms with Crippen LogP contribution >= 0.6 is 0 Å². The van der Waals surface area contributed by atoms with E-state index < -0.39 is 12.2 Å². The van der Waals surface area contributed by atoms with Crippen molar-refractivity contribution in [2.75, 3.05) is 6.61 Å². The summed E-state index contributed by atoms with van der Waals surface area (Å²) in [6.07, 6.45) is 5.55. The molecule has 0 spiro atoms. The number of fused-ring (bicyclic) bond motifs is 3. The molecule has 130 valence electrons. The Labute approximate surface area is 140 Å². The lowest BCUT2D eigenvalue weighted by Crippen LogP contribution is -2.46. The monoisotopic (exact) mass is 320 g/mol. The fourth-order valence-electron chi connectivity index (χ4n) is 5.40. The first-order valence-corrected chi connectivity index (χ1v) is 9.14. The lowest BCUT2D eigenvalue weighted by atomic mass is 9.54. The third-order valence-corrected chi connectivity index (χ3v) is 7.12. The topological polar surface area (TPSA) is 60.7 Å². The third-order valence-electron chi connectivity index (χ3n) is 7.12. The van der Waals surface area contributed by atoms with Crippen molar-refractivity contribution in [3.05, 3.63) is 22.8 Å². The molecular weight excluding hydrogens is 288 g/mol. The molecule has 0 saturated heterocycles. The molecule has 3 N–H and O–H groups in total. The van der Waals surface area contributed by atoms with Crippen molar-refractivity contribution in [1.82, 2.24) is 0 Å². The molecular formula is C20H32O3. The Morgan fingerprint density at radius 2 is 1.87 bits per heavy atom. The highest BCUT2D eigenvalue weighted by Gasteiger charge is 2.55. The van der Waals surface area contributed by atoms with Crippen LogP contribution in [0.1, 0.15) is 59.8 Å². The van der Waals surface area contributed by atoms with Crippen LogP contribution in [0.15, 0.2) is 22.8 Å². The van der Waals surface area contributed by atoms with Crippen molar-refractivity contribution >= 4 is 0 Å². The quantitative estimate of drug-likeness (QED) is 0.685. The SMILES string of the molecule is CC(C)C1=C2[C@H]3C[C@@H](O)C(CO)=C[C@@H](O)[C@]3(C)CC[C@@]2(C)CC1. The first-order chi connectivity index (χ1) is 10.7. The van der Waals surface area contributed by atoms with E-state index in [9.17, 15) is 15.3 Å². The predicted molar refractivity (Wildman–Crippen MR) is 91.8 cm³/mol. The van der Waals surface area contributed by atoms with Gasteiger partial charge in [-0.1, -0.05) is 44.9 Å². The van der Waals surface area contributed by atoms with E-state index in [0.29, 0.717) is 17.9 Å². The highest BCUT2D eigenvalue weighted by molar-refractivity contribution is 5.37. The molecule has 0 radical (unpaired) electrons. The van der Waals surface area contributed by atoms with Gasteiger partial charge >= 0.3 is 0 Å². The molecule has 5 atom stereocenters. The molecule has 1 fully saturated rings. The molecule has 0 bridgehead atoms. The first kappa shape index (κ1) is 17.2. The van der Waals surface area contributed by atoms with Crippen molar-refractivity contribution in [2.45, 2.75) is 72.0 Å². The number of hydrogen-bond donors (Lipinski definition) is 3. The normalized spacial score (nSPS) is 44.0. The smallest absolute Gasteiger partial charge is 0.0784 e. The van der Waals surface area contributed by atoms with Gasteiger partial charge in [0.1, 0.15) is 0 Å². The highest BCUT2D eigenvalue weighted by Crippen LogP contribution is 2.63.